The SMILES string of the molecule is OC1CCCc2nc(CC3CCCCS3)nn21. The van der Waals surface area contributed by atoms with Gasteiger partial charge in [-0.05, 0) is 31.4 Å². The van der Waals surface area contributed by atoms with Gasteiger partial charge in [0, 0.05) is 18.1 Å². The lowest BCUT2D eigenvalue weighted by molar-refractivity contribution is 0.0643. The Kier molecular flexibility index (Phi) is 3.38. The van der Waals surface area contributed by atoms with Gasteiger partial charge in [-0.25, -0.2) is 9.67 Å². The van der Waals surface area contributed by atoms with Crippen LogP contribution in [-0.4, -0.2) is 30.9 Å². The molecule has 0 amide bonds. The van der Waals surface area contributed by atoms with E-state index in [2.05, 4.69) is 21.8 Å². The van der Waals surface area contributed by atoms with E-state index < -0.39 is 6.23 Å². The second kappa shape index (κ2) is 4.98. The number of aryl methyl sites for hydroxylation is 1. The van der Waals surface area contributed by atoms with Crippen LogP contribution < -0.4 is 0 Å². The smallest absolute Gasteiger partial charge is 0.152 e. The van der Waals surface area contributed by atoms with Crippen LogP contribution in [0.2, 0.25) is 0 Å². The Balaban J connectivity index is 1.71. The van der Waals surface area contributed by atoms with Crippen molar-refractivity contribution in [2.24, 2.45) is 0 Å². The van der Waals surface area contributed by atoms with Crippen molar-refractivity contribution >= 4 is 11.8 Å². The minimum atomic E-state index is -0.445. The van der Waals surface area contributed by atoms with Crippen LogP contribution in [0.4, 0.5) is 0 Å². The molecule has 2 atom stereocenters. The highest BCUT2D eigenvalue weighted by atomic mass is 32.2. The summed E-state index contributed by atoms with van der Waals surface area (Å²) in [6.07, 6.45) is 7.31. The molecule has 0 bridgehead atoms. The number of hydrogen-bond acceptors (Lipinski definition) is 4. The highest BCUT2D eigenvalue weighted by molar-refractivity contribution is 7.99. The molecule has 2 aliphatic heterocycles. The Bertz CT molecular complexity index is 387. The number of nitrogens with zero attached hydrogens (tertiary/aromatic N) is 3. The maximum atomic E-state index is 9.84. The summed E-state index contributed by atoms with van der Waals surface area (Å²) in [6, 6.07) is 0. The number of aliphatic hydroxyl groups excluding tert-OH is 1. The standard InChI is InChI=1S/C12H19N3OS/c16-12-6-3-5-11-13-10(14-15(11)12)8-9-4-1-2-7-17-9/h9,12,16H,1-8H2. The lowest BCUT2D eigenvalue weighted by atomic mass is 10.1. The fourth-order valence-electron chi connectivity index (χ4n) is 2.64. The summed E-state index contributed by atoms with van der Waals surface area (Å²) in [5.74, 6) is 3.18. The Morgan fingerprint density at radius 2 is 2.24 bits per heavy atom. The van der Waals surface area contributed by atoms with Gasteiger partial charge in [0.25, 0.3) is 0 Å². The quantitative estimate of drug-likeness (QED) is 0.875. The average Bonchev–Trinajstić information content (AvgIpc) is 2.74. The van der Waals surface area contributed by atoms with Gasteiger partial charge >= 0.3 is 0 Å². The molecule has 1 aromatic rings. The minimum absolute atomic E-state index is 0.445. The predicted octanol–water partition coefficient (Wildman–Crippen LogP) is 1.93. The van der Waals surface area contributed by atoms with Crippen molar-refractivity contribution in [2.45, 2.75) is 56.4 Å². The van der Waals surface area contributed by atoms with Crippen LogP contribution in [0.3, 0.4) is 0 Å². The largest absolute Gasteiger partial charge is 0.372 e. The zero-order valence-electron chi connectivity index (χ0n) is 10.0. The maximum Gasteiger partial charge on any atom is 0.152 e. The van der Waals surface area contributed by atoms with Gasteiger partial charge in [-0.1, -0.05) is 6.42 Å². The highest BCUT2D eigenvalue weighted by Gasteiger charge is 2.23. The van der Waals surface area contributed by atoms with Crippen LogP contribution in [0.5, 0.6) is 0 Å². The van der Waals surface area contributed by atoms with Gasteiger partial charge in [-0.2, -0.15) is 16.9 Å². The Morgan fingerprint density at radius 3 is 3.00 bits per heavy atom. The number of thioether (sulfide) groups is 1. The first-order valence-electron chi connectivity index (χ1n) is 6.57. The zero-order chi connectivity index (χ0) is 11.7. The number of rotatable bonds is 2. The highest BCUT2D eigenvalue weighted by Crippen LogP contribution is 2.28. The third kappa shape index (κ3) is 2.50. The molecule has 2 aliphatic rings. The summed E-state index contributed by atoms with van der Waals surface area (Å²) in [6.45, 7) is 0. The van der Waals surface area contributed by atoms with E-state index in [4.69, 9.17) is 0 Å². The van der Waals surface area contributed by atoms with Gasteiger partial charge < -0.3 is 5.11 Å². The van der Waals surface area contributed by atoms with Gasteiger partial charge in [-0.15, -0.1) is 0 Å². The molecular formula is C12H19N3OS. The molecule has 3 heterocycles. The van der Waals surface area contributed by atoms with Crippen LogP contribution in [0, 0.1) is 0 Å². The molecule has 1 fully saturated rings. The third-order valence-electron chi connectivity index (χ3n) is 3.57. The molecule has 2 unspecified atom stereocenters. The summed E-state index contributed by atoms with van der Waals surface area (Å²) in [5, 5.41) is 15.0. The van der Waals surface area contributed by atoms with Gasteiger partial charge in [0.2, 0.25) is 0 Å². The maximum absolute atomic E-state index is 9.84. The van der Waals surface area contributed by atoms with E-state index in [0.29, 0.717) is 5.25 Å². The van der Waals surface area contributed by atoms with E-state index in [-0.39, 0.29) is 0 Å². The molecule has 1 N–H and O–H groups in total. The summed E-state index contributed by atoms with van der Waals surface area (Å²) in [7, 11) is 0. The fourth-order valence-corrected chi connectivity index (χ4v) is 3.94. The van der Waals surface area contributed by atoms with E-state index in [0.717, 1.165) is 37.3 Å². The van der Waals surface area contributed by atoms with Crippen LogP contribution in [0.1, 0.15) is 50.0 Å². The zero-order valence-corrected chi connectivity index (χ0v) is 10.8. The Labute approximate surface area is 106 Å². The molecule has 0 spiro atoms. The Hall–Kier alpha value is -0.550. The van der Waals surface area contributed by atoms with Crippen molar-refractivity contribution in [3.8, 4) is 0 Å². The summed E-state index contributed by atoms with van der Waals surface area (Å²) >= 11 is 2.05. The van der Waals surface area contributed by atoms with E-state index >= 15 is 0 Å². The molecule has 4 nitrogen and oxygen atoms in total. The second-order valence-electron chi connectivity index (χ2n) is 4.95. The first-order chi connectivity index (χ1) is 8.33. The molecular weight excluding hydrogens is 234 g/mol. The molecule has 1 saturated heterocycles. The fraction of sp³-hybridized carbons (Fsp3) is 0.833. The lowest BCUT2D eigenvalue weighted by Gasteiger charge is -2.19. The van der Waals surface area contributed by atoms with Gasteiger partial charge in [0.1, 0.15) is 12.1 Å². The van der Waals surface area contributed by atoms with Crippen molar-refractivity contribution < 1.29 is 5.11 Å². The number of aromatic nitrogens is 3. The predicted molar refractivity (Wildman–Crippen MR) is 68.0 cm³/mol. The average molecular weight is 253 g/mol. The van der Waals surface area contributed by atoms with Crippen LogP contribution in [0.15, 0.2) is 0 Å². The lowest BCUT2D eigenvalue weighted by Crippen LogP contribution is -2.18. The molecule has 0 saturated carbocycles. The van der Waals surface area contributed by atoms with Crippen molar-refractivity contribution in [3.05, 3.63) is 11.6 Å². The minimum Gasteiger partial charge on any atom is -0.372 e. The molecule has 5 heteroatoms. The number of aliphatic hydroxyl groups is 1. The van der Waals surface area contributed by atoms with Crippen molar-refractivity contribution in [1.29, 1.82) is 0 Å². The normalized spacial score (nSPS) is 29.0. The summed E-state index contributed by atoms with van der Waals surface area (Å²) in [5.41, 5.74) is 0. The molecule has 0 radical (unpaired) electrons. The molecule has 0 aliphatic carbocycles. The third-order valence-corrected chi connectivity index (χ3v) is 4.97. The topological polar surface area (TPSA) is 50.9 Å². The van der Waals surface area contributed by atoms with Crippen LogP contribution >= 0.6 is 11.8 Å². The van der Waals surface area contributed by atoms with Gasteiger partial charge in [0.15, 0.2) is 5.82 Å². The second-order valence-corrected chi connectivity index (χ2v) is 6.36. The molecule has 1 aromatic heterocycles. The van der Waals surface area contributed by atoms with E-state index in [1.165, 1.54) is 25.0 Å². The van der Waals surface area contributed by atoms with Crippen LogP contribution in [-0.2, 0) is 12.8 Å². The monoisotopic (exact) mass is 253 g/mol. The summed E-state index contributed by atoms with van der Waals surface area (Å²) < 4.78 is 1.73. The number of fused-ring (bicyclic) bond motifs is 1. The van der Waals surface area contributed by atoms with Gasteiger partial charge in [-0.3, -0.25) is 0 Å². The molecule has 3 rings (SSSR count). The van der Waals surface area contributed by atoms with Crippen molar-refractivity contribution in [1.82, 2.24) is 14.8 Å². The van der Waals surface area contributed by atoms with E-state index in [9.17, 15) is 5.11 Å². The Morgan fingerprint density at radius 1 is 1.29 bits per heavy atom. The molecule has 0 aromatic carbocycles. The van der Waals surface area contributed by atoms with E-state index in [1.54, 1.807) is 4.68 Å². The van der Waals surface area contributed by atoms with Crippen molar-refractivity contribution in [3.63, 3.8) is 0 Å². The first kappa shape index (κ1) is 11.5. The van der Waals surface area contributed by atoms with E-state index in [1.807, 2.05) is 0 Å². The molecule has 94 valence electrons. The van der Waals surface area contributed by atoms with Crippen molar-refractivity contribution in [2.75, 3.05) is 5.75 Å². The number of hydrogen-bond donors (Lipinski definition) is 1. The van der Waals surface area contributed by atoms with Gasteiger partial charge in [0.05, 0.1) is 0 Å². The van der Waals surface area contributed by atoms with Crippen LogP contribution in [0.25, 0.3) is 0 Å². The summed E-state index contributed by atoms with van der Waals surface area (Å²) in [4.78, 5) is 4.57. The molecule has 17 heavy (non-hydrogen) atoms. The first-order valence-corrected chi connectivity index (χ1v) is 7.62.